The molecule has 0 radical (unpaired) electrons. The van der Waals surface area contributed by atoms with Crippen molar-refractivity contribution in [2.24, 2.45) is 4.99 Å². The second-order valence-electron chi connectivity index (χ2n) is 6.00. The second-order valence-corrected chi connectivity index (χ2v) is 6.00. The van der Waals surface area contributed by atoms with Crippen molar-refractivity contribution < 1.29 is 0 Å². The molecule has 0 aliphatic rings. The van der Waals surface area contributed by atoms with Crippen LogP contribution in [0.2, 0.25) is 0 Å². The number of anilines is 1. The number of aromatic nitrogens is 1. The predicted molar refractivity (Wildman–Crippen MR) is 99.1 cm³/mol. The van der Waals surface area contributed by atoms with Gasteiger partial charge in [-0.3, -0.25) is 9.98 Å². The number of hydrogen-bond acceptors (Lipinski definition) is 3. The molecule has 1 aromatic carbocycles. The van der Waals surface area contributed by atoms with E-state index in [2.05, 4.69) is 61.2 Å². The molecule has 1 heterocycles. The fourth-order valence-electron chi connectivity index (χ4n) is 2.67. The van der Waals surface area contributed by atoms with E-state index < -0.39 is 0 Å². The maximum Gasteiger partial charge on any atom is 0.0814 e. The van der Waals surface area contributed by atoms with Gasteiger partial charge in [-0.25, -0.2) is 0 Å². The van der Waals surface area contributed by atoms with Crippen LogP contribution in [-0.4, -0.2) is 10.7 Å². The van der Waals surface area contributed by atoms with Crippen LogP contribution in [0, 0.1) is 20.8 Å². The SMILES string of the molecule is CC(=CC(C)=NCc1ccccn1)Nc1c(C)cc(C)cc1C. The molecule has 1 aromatic heterocycles. The molecule has 23 heavy (non-hydrogen) atoms. The summed E-state index contributed by atoms with van der Waals surface area (Å²) in [6.45, 7) is 11.1. The summed E-state index contributed by atoms with van der Waals surface area (Å²) in [6, 6.07) is 10.3. The van der Waals surface area contributed by atoms with E-state index in [4.69, 9.17) is 0 Å². The van der Waals surface area contributed by atoms with Crippen LogP contribution < -0.4 is 5.32 Å². The van der Waals surface area contributed by atoms with Crippen molar-refractivity contribution in [2.75, 3.05) is 5.32 Å². The number of aliphatic imine (C=N–C) groups is 1. The molecule has 120 valence electrons. The smallest absolute Gasteiger partial charge is 0.0814 e. The highest BCUT2D eigenvalue weighted by Gasteiger charge is 2.04. The van der Waals surface area contributed by atoms with Gasteiger partial charge in [0.2, 0.25) is 0 Å². The maximum atomic E-state index is 4.57. The first-order valence-corrected chi connectivity index (χ1v) is 7.90. The van der Waals surface area contributed by atoms with E-state index in [1.165, 1.54) is 22.4 Å². The molecular formula is C20H25N3. The minimum Gasteiger partial charge on any atom is -0.359 e. The van der Waals surface area contributed by atoms with Crippen LogP contribution in [0.4, 0.5) is 5.69 Å². The van der Waals surface area contributed by atoms with Gasteiger partial charge in [-0.05, 0) is 64.0 Å². The van der Waals surface area contributed by atoms with E-state index in [1.807, 2.05) is 25.1 Å². The first kappa shape index (κ1) is 16.9. The lowest BCUT2D eigenvalue weighted by Crippen LogP contribution is -2.03. The van der Waals surface area contributed by atoms with Gasteiger partial charge in [0.25, 0.3) is 0 Å². The van der Waals surface area contributed by atoms with Crippen molar-refractivity contribution in [1.82, 2.24) is 4.98 Å². The molecule has 0 aliphatic heterocycles. The molecule has 0 fully saturated rings. The van der Waals surface area contributed by atoms with Crippen LogP contribution in [0.25, 0.3) is 0 Å². The minimum atomic E-state index is 0.610. The minimum absolute atomic E-state index is 0.610. The van der Waals surface area contributed by atoms with Crippen LogP contribution >= 0.6 is 0 Å². The summed E-state index contributed by atoms with van der Waals surface area (Å²) >= 11 is 0. The second kappa shape index (κ2) is 7.73. The van der Waals surface area contributed by atoms with Crippen molar-refractivity contribution >= 4 is 11.4 Å². The molecule has 0 aliphatic carbocycles. The predicted octanol–water partition coefficient (Wildman–Crippen LogP) is 4.98. The molecule has 2 aromatic rings. The molecule has 0 amide bonds. The van der Waals surface area contributed by atoms with Crippen molar-refractivity contribution in [2.45, 2.75) is 41.2 Å². The Bertz CT molecular complexity index is 705. The Morgan fingerprint density at radius 1 is 1.13 bits per heavy atom. The maximum absolute atomic E-state index is 4.57. The lowest BCUT2D eigenvalue weighted by atomic mass is 10.0. The van der Waals surface area contributed by atoms with E-state index in [0.717, 1.165) is 17.1 Å². The van der Waals surface area contributed by atoms with E-state index in [1.54, 1.807) is 6.20 Å². The largest absolute Gasteiger partial charge is 0.359 e. The summed E-state index contributed by atoms with van der Waals surface area (Å²) in [5, 5.41) is 3.50. The highest BCUT2D eigenvalue weighted by Crippen LogP contribution is 2.23. The first-order chi connectivity index (χ1) is 11.0. The Morgan fingerprint density at radius 2 is 1.83 bits per heavy atom. The molecule has 0 saturated carbocycles. The molecule has 0 atom stereocenters. The van der Waals surface area contributed by atoms with Crippen molar-refractivity contribution in [1.29, 1.82) is 0 Å². The van der Waals surface area contributed by atoms with Crippen LogP contribution in [0.3, 0.4) is 0 Å². The Kier molecular flexibility index (Phi) is 5.69. The lowest BCUT2D eigenvalue weighted by molar-refractivity contribution is 0.989. The van der Waals surface area contributed by atoms with Gasteiger partial charge in [-0.15, -0.1) is 0 Å². The summed E-state index contributed by atoms with van der Waals surface area (Å²) in [5.41, 5.74) is 8.06. The van der Waals surface area contributed by atoms with Gasteiger partial charge >= 0.3 is 0 Å². The van der Waals surface area contributed by atoms with E-state index >= 15 is 0 Å². The molecule has 0 bridgehead atoms. The van der Waals surface area contributed by atoms with Crippen LogP contribution in [0.1, 0.15) is 36.2 Å². The van der Waals surface area contributed by atoms with Crippen LogP contribution in [0.15, 0.2) is 53.3 Å². The number of pyridine rings is 1. The molecule has 3 nitrogen and oxygen atoms in total. The number of hydrogen-bond donors (Lipinski definition) is 1. The average Bonchev–Trinajstić information content (AvgIpc) is 2.50. The highest BCUT2D eigenvalue weighted by molar-refractivity contribution is 5.93. The number of nitrogens with zero attached hydrogens (tertiary/aromatic N) is 2. The molecule has 1 N–H and O–H groups in total. The van der Waals surface area contributed by atoms with E-state index in [9.17, 15) is 0 Å². The summed E-state index contributed by atoms with van der Waals surface area (Å²) in [4.78, 5) is 8.86. The molecule has 3 heteroatoms. The third kappa shape index (κ3) is 5.06. The normalized spacial score (nSPS) is 12.4. The van der Waals surface area contributed by atoms with E-state index in [0.29, 0.717) is 6.54 Å². The Hall–Kier alpha value is -2.42. The number of allylic oxidation sites excluding steroid dienone is 2. The molecule has 0 spiro atoms. The fraction of sp³-hybridized carbons (Fsp3) is 0.300. The van der Waals surface area contributed by atoms with Crippen molar-refractivity contribution in [3.63, 3.8) is 0 Å². The molecule has 2 rings (SSSR count). The van der Waals surface area contributed by atoms with Crippen LogP contribution in [-0.2, 0) is 6.54 Å². The number of rotatable bonds is 5. The van der Waals surface area contributed by atoms with Crippen LogP contribution in [0.5, 0.6) is 0 Å². The fourth-order valence-corrected chi connectivity index (χ4v) is 2.67. The van der Waals surface area contributed by atoms with Gasteiger partial charge in [0, 0.05) is 23.3 Å². The topological polar surface area (TPSA) is 37.3 Å². The summed E-state index contributed by atoms with van der Waals surface area (Å²) in [7, 11) is 0. The van der Waals surface area contributed by atoms with Gasteiger partial charge in [-0.1, -0.05) is 23.8 Å². The molecular weight excluding hydrogens is 282 g/mol. The number of benzene rings is 1. The number of nitrogens with one attached hydrogen (secondary N) is 1. The Labute approximate surface area is 139 Å². The van der Waals surface area contributed by atoms with Gasteiger partial charge < -0.3 is 5.32 Å². The summed E-state index contributed by atoms with van der Waals surface area (Å²) in [6.07, 6.45) is 3.87. The van der Waals surface area contributed by atoms with Gasteiger partial charge in [0.1, 0.15) is 0 Å². The Morgan fingerprint density at radius 3 is 2.43 bits per heavy atom. The van der Waals surface area contributed by atoms with Gasteiger partial charge in [0.15, 0.2) is 0 Å². The van der Waals surface area contributed by atoms with Crippen molar-refractivity contribution in [3.05, 3.63) is 70.7 Å². The quantitative estimate of drug-likeness (QED) is 0.791. The zero-order chi connectivity index (χ0) is 16.8. The molecule has 0 saturated heterocycles. The molecule has 0 unspecified atom stereocenters. The summed E-state index contributed by atoms with van der Waals surface area (Å²) in [5.74, 6) is 0. The lowest BCUT2D eigenvalue weighted by Gasteiger charge is -2.14. The van der Waals surface area contributed by atoms with Gasteiger partial charge in [0.05, 0.1) is 12.2 Å². The van der Waals surface area contributed by atoms with Gasteiger partial charge in [-0.2, -0.15) is 0 Å². The zero-order valence-corrected chi connectivity index (χ0v) is 14.6. The van der Waals surface area contributed by atoms with Crippen molar-refractivity contribution in [3.8, 4) is 0 Å². The third-order valence-corrected chi connectivity index (χ3v) is 3.64. The first-order valence-electron chi connectivity index (χ1n) is 7.90. The average molecular weight is 307 g/mol. The van der Waals surface area contributed by atoms with E-state index in [-0.39, 0.29) is 0 Å². The monoisotopic (exact) mass is 307 g/mol. The Balaban J connectivity index is 2.08. The summed E-state index contributed by atoms with van der Waals surface area (Å²) < 4.78 is 0. The third-order valence-electron chi connectivity index (χ3n) is 3.64. The zero-order valence-electron chi connectivity index (χ0n) is 14.6. The standard InChI is InChI=1S/C20H25N3/c1-14-10-15(2)20(16(3)11-14)23-18(5)12-17(4)22-13-19-8-6-7-9-21-19/h6-12,23H,13H2,1-5H3. The number of aryl methyl sites for hydroxylation is 3. The highest BCUT2D eigenvalue weighted by atomic mass is 14.9.